The topological polar surface area (TPSA) is 74.2 Å². The van der Waals surface area contributed by atoms with Gasteiger partial charge in [0, 0.05) is 12.3 Å². The summed E-state index contributed by atoms with van der Waals surface area (Å²) in [5.41, 5.74) is 0.390. The fourth-order valence-corrected chi connectivity index (χ4v) is 1.08. The molecule has 3 N–H and O–H groups in total. The number of carbonyl (C=O) groups is 1. The number of hydrogen-bond acceptors (Lipinski definition) is 4. The highest BCUT2D eigenvalue weighted by atomic mass is 16.5. The zero-order valence-corrected chi connectivity index (χ0v) is 8.39. The number of hydrogen-bond donors (Lipinski definition) is 3. The van der Waals surface area contributed by atoms with Crippen molar-refractivity contribution in [3.05, 3.63) is 11.6 Å². The molecule has 5 heteroatoms. The Balaban J connectivity index is 2.81. The number of ether oxygens (including phenoxy) is 1. The number of rotatable bonds is 3. The van der Waals surface area contributed by atoms with E-state index < -0.39 is 0 Å². The zero-order valence-electron chi connectivity index (χ0n) is 8.39. The molecule has 0 bridgehead atoms. The second-order valence-electron chi connectivity index (χ2n) is 3.33. The van der Waals surface area contributed by atoms with Gasteiger partial charge < -0.3 is 20.8 Å². The third-order valence-corrected chi connectivity index (χ3v) is 1.66. The maximum absolute atomic E-state index is 11.1. The molecule has 0 atom stereocenters. The van der Waals surface area contributed by atoms with Crippen LogP contribution < -0.4 is 10.6 Å². The molecule has 78 valence electrons. The summed E-state index contributed by atoms with van der Waals surface area (Å²) in [6.07, 6.45) is 1.40. The molecule has 0 aromatic heterocycles. The third kappa shape index (κ3) is 2.76. The summed E-state index contributed by atoms with van der Waals surface area (Å²) in [7, 11) is 0. The Labute approximate surface area is 83.0 Å². The lowest BCUT2D eigenvalue weighted by molar-refractivity contribution is -0.120. The highest BCUT2D eigenvalue weighted by molar-refractivity contribution is 5.87. The van der Waals surface area contributed by atoms with Gasteiger partial charge in [-0.05, 0) is 13.8 Å². The van der Waals surface area contributed by atoms with Crippen LogP contribution in [0.5, 0.6) is 0 Å². The van der Waals surface area contributed by atoms with E-state index in [2.05, 4.69) is 10.6 Å². The van der Waals surface area contributed by atoms with E-state index in [-0.39, 0.29) is 11.9 Å². The summed E-state index contributed by atoms with van der Waals surface area (Å²) in [6, 6.07) is 0.204. The van der Waals surface area contributed by atoms with Crippen molar-refractivity contribution < 1.29 is 9.53 Å². The Hall–Kier alpha value is -1.52. The van der Waals surface area contributed by atoms with Crippen molar-refractivity contribution >= 4 is 12.1 Å². The monoisotopic (exact) mass is 197 g/mol. The van der Waals surface area contributed by atoms with Crippen LogP contribution in [0.3, 0.4) is 0 Å². The fourth-order valence-electron chi connectivity index (χ4n) is 1.08. The lowest BCUT2D eigenvalue weighted by Crippen LogP contribution is -2.29. The van der Waals surface area contributed by atoms with Crippen molar-refractivity contribution in [2.75, 3.05) is 6.61 Å². The molecule has 0 aromatic carbocycles. The standard InChI is InChI=1S/C9H15N3O2/c1-6(2)11-9-7(5-10)12-8(13)3-4-14-9/h5-6,10-11H,3-4H2,1-2H3,(H,12,13). The third-order valence-electron chi connectivity index (χ3n) is 1.66. The molecule has 5 nitrogen and oxygen atoms in total. The van der Waals surface area contributed by atoms with Crippen molar-refractivity contribution in [3.63, 3.8) is 0 Å². The lowest BCUT2D eigenvalue weighted by atomic mass is 10.3. The molecule has 0 unspecified atom stereocenters. The van der Waals surface area contributed by atoms with E-state index in [1.807, 2.05) is 13.8 Å². The highest BCUT2D eigenvalue weighted by Crippen LogP contribution is 2.05. The molecule has 0 saturated heterocycles. The Morgan fingerprint density at radius 2 is 2.36 bits per heavy atom. The van der Waals surface area contributed by atoms with Crippen LogP contribution >= 0.6 is 0 Å². The molecule has 0 aliphatic carbocycles. The number of amides is 1. The maximum Gasteiger partial charge on any atom is 0.227 e. The minimum atomic E-state index is -0.121. The molecule has 0 aromatic rings. The Morgan fingerprint density at radius 3 is 2.93 bits per heavy atom. The lowest BCUT2D eigenvalue weighted by Gasteiger charge is -2.15. The van der Waals surface area contributed by atoms with Crippen LogP contribution in [0.4, 0.5) is 0 Å². The molecule has 1 aliphatic heterocycles. The first-order valence-corrected chi connectivity index (χ1v) is 4.57. The van der Waals surface area contributed by atoms with Crippen LogP contribution in [-0.2, 0) is 9.53 Å². The average Bonchev–Trinajstić information content (AvgIpc) is 2.27. The van der Waals surface area contributed by atoms with Gasteiger partial charge in [-0.1, -0.05) is 0 Å². The quantitative estimate of drug-likeness (QED) is 0.571. The minimum absolute atomic E-state index is 0.121. The molecule has 14 heavy (non-hydrogen) atoms. The SMILES string of the molecule is CC(C)NC1=C(C=N)NC(=O)CCO1. The van der Waals surface area contributed by atoms with E-state index in [9.17, 15) is 4.79 Å². The molecule has 1 amide bonds. The molecule has 1 aliphatic rings. The summed E-state index contributed by atoms with van der Waals surface area (Å²) >= 11 is 0. The van der Waals surface area contributed by atoms with Gasteiger partial charge in [0.2, 0.25) is 11.8 Å². The molecule has 1 rings (SSSR count). The molecular weight excluding hydrogens is 182 g/mol. The molecule has 0 radical (unpaired) electrons. The van der Waals surface area contributed by atoms with Crippen molar-refractivity contribution in [1.29, 1.82) is 5.41 Å². The highest BCUT2D eigenvalue weighted by Gasteiger charge is 2.15. The van der Waals surface area contributed by atoms with Crippen molar-refractivity contribution in [2.45, 2.75) is 26.3 Å². The van der Waals surface area contributed by atoms with E-state index >= 15 is 0 Å². The smallest absolute Gasteiger partial charge is 0.227 e. The van der Waals surface area contributed by atoms with E-state index in [1.165, 1.54) is 0 Å². The van der Waals surface area contributed by atoms with E-state index in [1.54, 1.807) is 0 Å². The predicted molar refractivity (Wildman–Crippen MR) is 52.8 cm³/mol. The summed E-state index contributed by atoms with van der Waals surface area (Å²) in [4.78, 5) is 11.1. The molecule has 0 saturated carbocycles. The van der Waals surface area contributed by atoms with Crippen LogP contribution in [-0.4, -0.2) is 24.8 Å². The van der Waals surface area contributed by atoms with E-state index in [0.29, 0.717) is 24.6 Å². The van der Waals surface area contributed by atoms with Crippen molar-refractivity contribution in [2.24, 2.45) is 0 Å². The Bertz CT molecular complexity index is 271. The Kier molecular flexibility index (Phi) is 3.50. The van der Waals surface area contributed by atoms with Gasteiger partial charge in [0.25, 0.3) is 0 Å². The summed E-state index contributed by atoms with van der Waals surface area (Å²) in [6.45, 7) is 4.27. The van der Waals surface area contributed by atoms with Gasteiger partial charge in [0.15, 0.2) is 0 Å². The van der Waals surface area contributed by atoms with Crippen LogP contribution in [0.15, 0.2) is 11.6 Å². The number of nitrogens with one attached hydrogen (secondary N) is 3. The van der Waals surface area contributed by atoms with Gasteiger partial charge in [-0.15, -0.1) is 0 Å². The molecule has 0 spiro atoms. The minimum Gasteiger partial charge on any atom is -0.477 e. The van der Waals surface area contributed by atoms with Crippen LogP contribution in [0.2, 0.25) is 0 Å². The number of allylic oxidation sites excluding steroid dienone is 1. The largest absolute Gasteiger partial charge is 0.477 e. The summed E-state index contributed by atoms with van der Waals surface area (Å²) < 4.78 is 5.32. The molecule has 0 fully saturated rings. The van der Waals surface area contributed by atoms with Gasteiger partial charge in [-0.25, -0.2) is 0 Å². The number of carbonyl (C=O) groups excluding carboxylic acids is 1. The summed E-state index contributed by atoms with van der Waals surface area (Å²) in [5, 5.41) is 12.8. The fraction of sp³-hybridized carbons (Fsp3) is 0.556. The predicted octanol–water partition coefficient (Wildman–Crippen LogP) is 0.340. The first-order valence-electron chi connectivity index (χ1n) is 4.57. The van der Waals surface area contributed by atoms with Crippen LogP contribution in [0.1, 0.15) is 20.3 Å². The second kappa shape index (κ2) is 4.64. The van der Waals surface area contributed by atoms with Gasteiger partial charge in [-0.3, -0.25) is 4.79 Å². The molecular formula is C9H15N3O2. The van der Waals surface area contributed by atoms with Gasteiger partial charge in [-0.2, -0.15) is 0 Å². The average molecular weight is 197 g/mol. The second-order valence-corrected chi connectivity index (χ2v) is 3.33. The maximum atomic E-state index is 11.1. The molecule has 1 heterocycles. The van der Waals surface area contributed by atoms with Crippen molar-refractivity contribution in [1.82, 2.24) is 10.6 Å². The van der Waals surface area contributed by atoms with Gasteiger partial charge in [0.05, 0.1) is 13.0 Å². The first kappa shape index (κ1) is 10.6. The Morgan fingerprint density at radius 1 is 1.64 bits per heavy atom. The zero-order chi connectivity index (χ0) is 10.6. The summed E-state index contributed by atoms with van der Waals surface area (Å²) in [5.74, 6) is 0.352. The first-order chi connectivity index (χ1) is 6.63. The van der Waals surface area contributed by atoms with E-state index in [0.717, 1.165) is 6.21 Å². The van der Waals surface area contributed by atoms with Gasteiger partial charge >= 0.3 is 0 Å². The van der Waals surface area contributed by atoms with Crippen LogP contribution in [0.25, 0.3) is 0 Å². The van der Waals surface area contributed by atoms with Crippen LogP contribution in [0, 0.1) is 5.41 Å². The van der Waals surface area contributed by atoms with Crippen molar-refractivity contribution in [3.8, 4) is 0 Å². The normalized spacial score (nSPS) is 17.2. The van der Waals surface area contributed by atoms with E-state index in [4.69, 9.17) is 10.1 Å². The van der Waals surface area contributed by atoms with Gasteiger partial charge in [0.1, 0.15) is 5.70 Å².